The van der Waals surface area contributed by atoms with Crippen LogP contribution in [0, 0.1) is 5.92 Å². The van der Waals surface area contributed by atoms with Gasteiger partial charge in [0.15, 0.2) is 0 Å². The second-order valence-corrected chi connectivity index (χ2v) is 7.45. The maximum absolute atomic E-state index is 12.4. The predicted octanol–water partition coefficient (Wildman–Crippen LogP) is -0.266. The van der Waals surface area contributed by atoms with Gasteiger partial charge in [-0.2, -0.15) is 0 Å². The van der Waals surface area contributed by atoms with Crippen LogP contribution in [0.5, 0.6) is 0 Å². The second-order valence-electron chi connectivity index (χ2n) is 5.46. The number of carbonyl (C=O) groups is 2. The molecule has 2 rings (SSSR count). The van der Waals surface area contributed by atoms with Crippen LogP contribution in [0.25, 0.3) is 0 Å². The first-order valence-electron chi connectivity index (χ1n) is 6.79. The Bertz CT molecular complexity index is 496. The first-order chi connectivity index (χ1) is 9.30. The van der Waals surface area contributed by atoms with Gasteiger partial charge in [0.1, 0.15) is 6.04 Å². The summed E-state index contributed by atoms with van der Waals surface area (Å²) in [6.07, 6.45) is 3.31. The second kappa shape index (κ2) is 5.69. The molecule has 0 aromatic heterocycles. The van der Waals surface area contributed by atoms with E-state index in [4.69, 9.17) is 5.11 Å². The molecule has 2 fully saturated rings. The maximum Gasteiger partial charge on any atom is 0.326 e. The number of hydrogen-bond donors (Lipinski definition) is 1. The zero-order valence-electron chi connectivity index (χ0n) is 11.5. The number of aliphatic carboxylic acids is 1. The van der Waals surface area contributed by atoms with Crippen molar-refractivity contribution >= 4 is 21.9 Å². The quantitative estimate of drug-likeness (QED) is 0.774. The number of carbonyl (C=O) groups excluding carboxylic acids is 1. The summed E-state index contributed by atoms with van der Waals surface area (Å²) in [5.74, 6) is -1.35. The van der Waals surface area contributed by atoms with Crippen molar-refractivity contribution in [1.82, 2.24) is 9.21 Å². The monoisotopic (exact) mass is 304 g/mol. The van der Waals surface area contributed by atoms with Gasteiger partial charge in [-0.05, 0) is 25.7 Å². The van der Waals surface area contributed by atoms with Crippen LogP contribution in [-0.4, -0.2) is 66.5 Å². The molecular weight excluding hydrogens is 284 g/mol. The number of nitrogens with zero attached hydrogens (tertiary/aromatic N) is 2. The van der Waals surface area contributed by atoms with E-state index in [1.807, 2.05) is 0 Å². The number of amides is 1. The molecule has 7 nitrogen and oxygen atoms in total. The number of carboxylic acids is 1. The van der Waals surface area contributed by atoms with Crippen molar-refractivity contribution in [3.63, 3.8) is 0 Å². The molecule has 0 aliphatic carbocycles. The third-order valence-electron chi connectivity index (χ3n) is 4.09. The summed E-state index contributed by atoms with van der Waals surface area (Å²) in [4.78, 5) is 24.9. The molecule has 0 aromatic carbocycles. The standard InChI is InChI=1S/C12H20N2O5S/c1-20(18,19)13-7-4-9(5-8-13)11(15)14-6-2-3-10(14)12(16)17/h9-10H,2-8H2,1H3,(H,16,17)/t10-/m0/s1. The minimum absolute atomic E-state index is 0.136. The highest BCUT2D eigenvalue weighted by atomic mass is 32.2. The molecule has 114 valence electrons. The Morgan fingerprint density at radius 3 is 2.20 bits per heavy atom. The molecule has 1 atom stereocenters. The summed E-state index contributed by atoms with van der Waals surface area (Å²) < 4.78 is 24.2. The molecule has 2 aliphatic rings. The lowest BCUT2D eigenvalue weighted by Gasteiger charge is -2.32. The molecule has 1 N–H and O–H groups in total. The molecule has 1 amide bonds. The molecule has 2 saturated heterocycles. The molecule has 0 saturated carbocycles. The Balaban J connectivity index is 1.97. The molecule has 2 heterocycles. The van der Waals surface area contributed by atoms with E-state index in [1.54, 1.807) is 0 Å². The summed E-state index contributed by atoms with van der Waals surface area (Å²) in [7, 11) is -3.20. The third-order valence-corrected chi connectivity index (χ3v) is 5.40. The van der Waals surface area contributed by atoms with Crippen molar-refractivity contribution < 1.29 is 23.1 Å². The Labute approximate surface area is 118 Å². The van der Waals surface area contributed by atoms with Crippen LogP contribution in [0.1, 0.15) is 25.7 Å². The molecule has 0 unspecified atom stereocenters. The van der Waals surface area contributed by atoms with Gasteiger partial charge >= 0.3 is 5.97 Å². The van der Waals surface area contributed by atoms with E-state index in [0.29, 0.717) is 45.3 Å². The van der Waals surface area contributed by atoms with E-state index in [0.717, 1.165) is 6.26 Å². The predicted molar refractivity (Wildman–Crippen MR) is 71.5 cm³/mol. The topological polar surface area (TPSA) is 95.0 Å². The van der Waals surface area contributed by atoms with E-state index in [1.165, 1.54) is 9.21 Å². The number of hydrogen-bond acceptors (Lipinski definition) is 4. The lowest BCUT2D eigenvalue weighted by Crippen LogP contribution is -2.47. The van der Waals surface area contributed by atoms with Gasteiger partial charge in [0.05, 0.1) is 6.26 Å². The van der Waals surface area contributed by atoms with Crippen LogP contribution < -0.4 is 0 Å². The highest BCUT2D eigenvalue weighted by Crippen LogP contribution is 2.26. The summed E-state index contributed by atoms with van der Waals surface area (Å²) in [5.41, 5.74) is 0. The van der Waals surface area contributed by atoms with Crippen LogP contribution >= 0.6 is 0 Å². The van der Waals surface area contributed by atoms with Gasteiger partial charge in [-0.3, -0.25) is 4.79 Å². The van der Waals surface area contributed by atoms with Crippen LogP contribution in [0.15, 0.2) is 0 Å². The molecule has 2 aliphatic heterocycles. The summed E-state index contributed by atoms with van der Waals surface area (Å²) in [5, 5.41) is 9.10. The van der Waals surface area contributed by atoms with E-state index >= 15 is 0 Å². The summed E-state index contributed by atoms with van der Waals surface area (Å²) in [6.45, 7) is 1.16. The Kier molecular flexibility index (Phi) is 4.33. The number of rotatable bonds is 3. The van der Waals surface area contributed by atoms with Gasteiger partial charge in [-0.1, -0.05) is 0 Å². The zero-order valence-corrected chi connectivity index (χ0v) is 12.3. The molecule has 0 aromatic rings. The number of likely N-dealkylation sites (tertiary alicyclic amines) is 1. The molecular formula is C12H20N2O5S. The average molecular weight is 304 g/mol. The van der Waals surface area contributed by atoms with Gasteiger partial charge in [0, 0.05) is 25.6 Å². The number of sulfonamides is 1. The van der Waals surface area contributed by atoms with Crippen molar-refractivity contribution in [2.45, 2.75) is 31.7 Å². The highest BCUT2D eigenvalue weighted by molar-refractivity contribution is 7.88. The number of carboxylic acid groups (broad SMARTS) is 1. The fourth-order valence-corrected chi connectivity index (χ4v) is 3.83. The Hall–Kier alpha value is -1.15. The van der Waals surface area contributed by atoms with E-state index in [9.17, 15) is 18.0 Å². The fraction of sp³-hybridized carbons (Fsp3) is 0.833. The third kappa shape index (κ3) is 3.12. The van der Waals surface area contributed by atoms with Crippen molar-refractivity contribution in [3.8, 4) is 0 Å². The van der Waals surface area contributed by atoms with E-state index in [-0.39, 0.29) is 11.8 Å². The molecule has 0 radical (unpaired) electrons. The molecule has 0 spiro atoms. The van der Waals surface area contributed by atoms with Gasteiger partial charge in [-0.25, -0.2) is 17.5 Å². The van der Waals surface area contributed by atoms with Crippen molar-refractivity contribution in [1.29, 1.82) is 0 Å². The highest BCUT2D eigenvalue weighted by Gasteiger charge is 2.38. The minimum Gasteiger partial charge on any atom is -0.480 e. The largest absolute Gasteiger partial charge is 0.480 e. The van der Waals surface area contributed by atoms with Gasteiger partial charge < -0.3 is 10.0 Å². The smallest absolute Gasteiger partial charge is 0.326 e. The minimum atomic E-state index is -3.20. The van der Waals surface area contributed by atoms with Crippen molar-refractivity contribution in [2.24, 2.45) is 5.92 Å². The lowest BCUT2D eigenvalue weighted by molar-refractivity contribution is -0.150. The summed E-state index contributed by atoms with van der Waals surface area (Å²) in [6, 6.07) is -0.713. The SMILES string of the molecule is CS(=O)(=O)N1CCC(C(=O)N2CCC[C@H]2C(=O)O)CC1. The van der Waals surface area contributed by atoms with Gasteiger partial charge in [0.2, 0.25) is 15.9 Å². The maximum atomic E-state index is 12.4. The fourth-order valence-electron chi connectivity index (χ4n) is 2.96. The van der Waals surface area contributed by atoms with Gasteiger partial charge in [-0.15, -0.1) is 0 Å². The first kappa shape index (κ1) is 15.2. The van der Waals surface area contributed by atoms with Gasteiger partial charge in [0.25, 0.3) is 0 Å². The van der Waals surface area contributed by atoms with E-state index < -0.39 is 22.0 Å². The van der Waals surface area contributed by atoms with Crippen molar-refractivity contribution in [3.05, 3.63) is 0 Å². The van der Waals surface area contributed by atoms with Crippen LogP contribution in [0.4, 0.5) is 0 Å². The first-order valence-corrected chi connectivity index (χ1v) is 8.64. The Morgan fingerprint density at radius 1 is 1.10 bits per heavy atom. The normalized spacial score (nSPS) is 25.9. The lowest BCUT2D eigenvalue weighted by atomic mass is 9.96. The Morgan fingerprint density at radius 2 is 1.70 bits per heavy atom. The van der Waals surface area contributed by atoms with Crippen LogP contribution in [0.3, 0.4) is 0 Å². The molecule has 20 heavy (non-hydrogen) atoms. The molecule has 8 heteroatoms. The average Bonchev–Trinajstić information content (AvgIpc) is 2.86. The zero-order chi connectivity index (χ0) is 14.9. The van der Waals surface area contributed by atoms with Crippen LogP contribution in [0.2, 0.25) is 0 Å². The van der Waals surface area contributed by atoms with Crippen molar-refractivity contribution in [2.75, 3.05) is 25.9 Å². The molecule has 0 bridgehead atoms. The van der Waals surface area contributed by atoms with Crippen LogP contribution in [-0.2, 0) is 19.6 Å². The summed E-state index contributed by atoms with van der Waals surface area (Å²) >= 11 is 0. The van der Waals surface area contributed by atoms with E-state index in [2.05, 4.69) is 0 Å². The number of piperidine rings is 1.